The summed E-state index contributed by atoms with van der Waals surface area (Å²) in [5, 5.41) is 12.9. The van der Waals surface area contributed by atoms with Crippen LogP contribution in [-0.2, 0) is 6.54 Å². The van der Waals surface area contributed by atoms with Crippen molar-refractivity contribution in [3.63, 3.8) is 0 Å². The number of benzene rings is 1. The molecule has 106 valence electrons. The van der Waals surface area contributed by atoms with E-state index < -0.39 is 0 Å². The average Bonchev–Trinajstić information content (AvgIpc) is 2.54. The summed E-state index contributed by atoms with van der Waals surface area (Å²) in [5.41, 5.74) is 3.36. The van der Waals surface area contributed by atoms with Gasteiger partial charge in [-0.1, -0.05) is 25.1 Å². The van der Waals surface area contributed by atoms with E-state index in [1.54, 1.807) is 12.4 Å². The standard InChI is InChI=1S/C17H22N2O/c1-3-17(2,13-20)19-12-14-5-4-6-16(11-14)15-7-9-18-10-8-15/h4-11,19-20H,3,12-13H2,1-2H3. The Morgan fingerprint density at radius 3 is 2.55 bits per heavy atom. The fraction of sp³-hybridized carbons (Fsp3) is 0.353. The summed E-state index contributed by atoms with van der Waals surface area (Å²) >= 11 is 0. The van der Waals surface area contributed by atoms with Gasteiger partial charge in [-0.25, -0.2) is 0 Å². The van der Waals surface area contributed by atoms with Crippen molar-refractivity contribution < 1.29 is 5.11 Å². The first-order valence-corrected chi connectivity index (χ1v) is 7.02. The summed E-state index contributed by atoms with van der Waals surface area (Å²) in [6.07, 6.45) is 4.51. The minimum atomic E-state index is -0.216. The highest BCUT2D eigenvalue weighted by Crippen LogP contribution is 2.20. The van der Waals surface area contributed by atoms with Crippen LogP contribution in [0.2, 0.25) is 0 Å². The molecule has 0 aliphatic heterocycles. The Labute approximate surface area is 120 Å². The number of pyridine rings is 1. The van der Waals surface area contributed by atoms with Crippen LogP contribution >= 0.6 is 0 Å². The number of aliphatic hydroxyl groups excluding tert-OH is 1. The van der Waals surface area contributed by atoms with E-state index in [1.165, 1.54) is 16.7 Å². The third kappa shape index (κ3) is 3.65. The normalized spacial score (nSPS) is 13.9. The molecule has 0 radical (unpaired) electrons. The second-order valence-corrected chi connectivity index (χ2v) is 5.36. The molecule has 2 N–H and O–H groups in total. The van der Waals surface area contributed by atoms with Crippen LogP contribution in [0.25, 0.3) is 11.1 Å². The maximum absolute atomic E-state index is 9.43. The van der Waals surface area contributed by atoms with Gasteiger partial charge < -0.3 is 10.4 Å². The second-order valence-electron chi connectivity index (χ2n) is 5.36. The molecule has 1 heterocycles. The maximum atomic E-state index is 9.43. The Morgan fingerprint density at radius 1 is 1.15 bits per heavy atom. The zero-order valence-corrected chi connectivity index (χ0v) is 12.1. The molecule has 3 nitrogen and oxygen atoms in total. The van der Waals surface area contributed by atoms with Crippen LogP contribution in [0.3, 0.4) is 0 Å². The zero-order chi connectivity index (χ0) is 14.4. The third-order valence-electron chi connectivity index (χ3n) is 3.79. The van der Waals surface area contributed by atoms with E-state index in [2.05, 4.69) is 41.5 Å². The Hall–Kier alpha value is -1.71. The lowest BCUT2D eigenvalue weighted by molar-refractivity contribution is 0.169. The van der Waals surface area contributed by atoms with E-state index >= 15 is 0 Å². The minimum Gasteiger partial charge on any atom is -0.394 e. The molecular weight excluding hydrogens is 248 g/mol. The molecular formula is C17H22N2O. The van der Waals surface area contributed by atoms with Crippen molar-refractivity contribution in [2.75, 3.05) is 6.61 Å². The van der Waals surface area contributed by atoms with E-state index in [4.69, 9.17) is 0 Å². The van der Waals surface area contributed by atoms with Gasteiger partial charge >= 0.3 is 0 Å². The number of hydrogen-bond acceptors (Lipinski definition) is 3. The number of aromatic nitrogens is 1. The number of nitrogens with zero attached hydrogens (tertiary/aromatic N) is 1. The predicted octanol–water partition coefficient (Wildman–Crippen LogP) is 3.00. The molecule has 20 heavy (non-hydrogen) atoms. The number of aliphatic hydroxyl groups is 1. The summed E-state index contributed by atoms with van der Waals surface area (Å²) in [4.78, 5) is 4.04. The van der Waals surface area contributed by atoms with E-state index in [0.717, 1.165) is 13.0 Å². The van der Waals surface area contributed by atoms with E-state index in [-0.39, 0.29) is 12.1 Å². The van der Waals surface area contributed by atoms with Crippen molar-refractivity contribution in [1.29, 1.82) is 0 Å². The van der Waals surface area contributed by atoms with Crippen molar-refractivity contribution >= 4 is 0 Å². The van der Waals surface area contributed by atoms with Gasteiger partial charge in [-0.05, 0) is 48.2 Å². The summed E-state index contributed by atoms with van der Waals surface area (Å²) in [7, 11) is 0. The number of nitrogens with one attached hydrogen (secondary N) is 1. The highest BCUT2D eigenvalue weighted by atomic mass is 16.3. The van der Waals surface area contributed by atoms with Gasteiger partial charge in [0.2, 0.25) is 0 Å². The fourth-order valence-electron chi connectivity index (χ4n) is 2.01. The van der Waals surface area contributed by atoms with Gasteiger partial charge in [-0.2, -0.15) is 0 Å². The molecule has 0 fully saturated rings. The first-order valence-electron chi connectivity index (χ1n) is 7.02. The molecule has 0 amide bonds. The van der Waals surface area contributed by atoms with Crippen LogP contribution in [0.15, 0.2) is 48.8 Å². The molecule has 0 aliphatic carbocycles. The summed E-state index contributed by atoms with van der Waals surface area (Å²) in [5.74, 6) is 0. The third-order valence-corrected chi connectivity index (χ3v) is 3.79. The lowest BCUT2D eigenvalue weighted by Crippen LogP contribution is -2.44. The van der Waals surface area contributed by atoms with Crippen LogP contribution in [0.1, 0.15) is 25.8 Å². The van der Waals surface area contributed by atoms with E-state index in [0.29, 0.717) is 0 Å². The zero-order valence-electron chi connectivity index (χ0n) is 12.1. The lowest BCUT2D eigenvalue weighted by Gasteiger charge is -2.27. The summed E-state index contributed by atoms with van der Waals surface area (Å²) in [6.45, 7) is 5.02. The molecule has 0 saturated carbocycles. The topological polar surface area (TPSA) is 45.1 Å². The molecule has 0 aliphatic rings. The highest BCUT2D eigenvalue weighted by molar-refractivity contribution is 5.63. The predicted molar refractivity (Wildman–Crippen MR) is 82.3 cm³/mol. The van der Waals surface area contributed by atoms with Gasteiger partial charge in [0.1, 0.15) is 0 Å². The quantitative estimate of drug-likeness (QED) is 0.848. The molecule has 2 aromatic rings. The van der Waals surface area contributed by atoms with Crippen molar-refractivity contribution in [2.45, 2.75) is 32.4 Å². The van der Waals surface area contributed by atoms with Crippen LogP contribution in [-0.4, -0.2) is 22.2 Å². The van der Waals surface area contributed by atoms with Gasteiger partial charge in [0.25, 0.3) is 0 Å². The largest absolute Gasteiger partial charge is 0.394 e. The number of hydrogen-bond donors (Lipinski definition) is 2. The lowest BCUT2D eigenvalue weighted by atomic mass is 9.99. The average molecular weight is 270 g/mol. The monoisotopic (exact) mass is 270 g/mol. The van der Waals surface area contributed by atoms with Gasteiger partial charge in [-0.3, -0.25) is 4.98 Å². The maximum Gasteiger partial charge on any atom is 0.0610 e. The molecule has 1 aromatic heterocycles. The Bertz CT molecular complexity index is 536. The summed E-state index contributed by atoms with van der Waals surface area (Å²) < 4.78 is 0. The van der Waals surface area contributed by atoms with Crippen LogP contribution in [0, 0.1) is 0 Å². The van der Waals surface area contributed by atoms with Crippen molar-refractivity contribution in [1.82, 2.24) is 10.3 Å². The molecule has 1 aromatic carbocycles. The van der Waals surface area contributed by atoms with Crippen molar-refractivity contribution in [2.24, 2.45) is 0 Å². The Balaban J connectivity index is 2.11. The van der Waals surface area contributed by atoms with Crippen molar-refractivity contribution in [3.05, 3.63) is 54.4 Å². The fourth-order valence-corrected chi connectivity index (χ4v) is 2.01. The smallest absolute Gasteiger partial charge is 0.0610 e. The van der Waals surface area contributed by atoms with Crippen LogP contribution in [0.5, 0.6) is 0 Å². The van der Waals surface area contributed by atoms with Crippen LogP contribution < -0.4 is 5.32 Å². The molecule has 2 rings (SSSR count). The minimum absolute atomic E-state index is 0.146. The van der Waals surface area contributed by atoms with Gasteiger partial charge in [0.05, 0.1) is 6.61 Å². The molecule has 1 unspecified atom stereocenters. The Kier molecular flexibility index (Phi) is 4.88. The van der Waals surface area contributed by atoms with Crippen LogP contribution in [0.4, 0.5) is 0 Å². The van der Waals surface area contributed by atoms with Gasteiger partial charge in [-0.15, -0.1) is 0 Å². The van der Waals surface area contributed by atoms with E-state index in [9.17, 15) is 5.11 Å². The van der Waals surface area contributed by atoms with Gasteiger partial charge in [0.15, 0.2) is 0 Å². The molecule has 3 heteroatoms. The second kappa shape index (κ2) is 6.64. The van der Waals surface area contributed by atoms with E-state index in [1.807, 2.05) is 19.1 Å². The molecule has 0 saturated heterocycles. The highest BCUT2D eigenvalue weighted by Gasteiger charge is 2.19. The SMILES string of the molecule is CCC(C)(CO)NCc1cccc(-c2ccncc2)c1. The first-order chi connectivity index (χ1) is 9.67. The van der Waals surface area contributed by atoms with Gasteiger partial charge in [0, 0.05) is 24.5 Å². The summed E-state index contributed by atoms with van der Waals surface area (Å²) in [6, 6.07) is 12.5. The molecule has 0 spiro atoms. The first kappa shape index (κ1) is 14.7. The molecule has 0 bridgehead atoms. The number of rotatable bonds is 6. The van der Waals surface area contributed by atoms with Crippen molar-refractivity contribution in [3.8, 4) is 11.1 Å². The Morgan fingerprint density at radius 2 is 1.90 bits per heavy atom. The molecule has 1 atom stereocenters.